The predicted molar refractivity (Wildman–Crippen MR) is 82.5 cm³/mol. The minimum atomic E-state index is 0.523. The zero-order valence-corrected chi connectivity index (χ0v) is 12.9. The standard InChI is InChI=1S/C15H20N2O2S/c1-4-11-13(9-16)20-15(17-11)10-7-6-8-12(18-3)14(10)19-5-2/h6-8H,4-5,9,16H2,1-3H3. The molecule has 0 saturated carbocycles. The maximum atomic E-state index is 5.78. The number of benzene rings is 1. The molecule has 0 unspecified atom stereocenters. The van der Waals surface area contributed by atoms with Crippen LogP contribution in [0.15, 0.2) is 18.2 Å². The van der Waals surface area contributed by atoms with Gasteiger partial charge in [0.25, 0.3) is 0 Å². The normalized spacial score (nSPS) is 10.6. The second kappa shape index (κ2) is 6.72. The molecule has 0 bridgehead atoms. The van der Waals surface area contributed by atoms with E-state index in [0.29, 0.717) is 13.2 Å². The molecule has 2 N–H and O–H groups in total. The third-order valence-electron chi connectivity index (χ3n) is 3.02. The quantitative estimate of drug-likeness (QED) is 0.888. The van der Waals surface area contributed by atoms with Crippen LogP contribution in [0.1, 0.15) is 24.4 Å². The lowest BCUT2D eigenvalue weighted by atomic mass is 10.2. The van der Waals surface area contributed by atoms with Gasteiger partial charge < -0.3 is 15.2 Å². The summed E-state index contributed by atoms with van der Waals surface area (Å²) in [5.74, 6) is 1.48. The fourth-order valence-corrected chi connectivity index (χ4v) is 3.12. The Morgan fingerprint density at radius 3 is 2.65 bits per heavy atom. The Bertz CT molecular complexity index is 560. The number of para-hydroxylation sites is 1. The van der Waals surface area contributed by atoms with E-state index in [0.717, 1.165) is 39.1 Å². The highest BCUT2D eigenvalue weighted by molar-refractivity contribution is 7.15. The zero-order chi connectivity index (χ0) is 14.5. The van der Waals surface area contributed by atoms with Crippen molar-refractivity contribution in [3.63, 3.8) is 0 Å². The predicted octanol–water partition coefficient (Wildman–Crippen LogP) is 3.24. The van der Waals surface area contributed by atoms with E-state index in [1.807, 2.05) is 25.1 Å². The Hall–Kier alpha value is -1.59. The first-order valence-corrected chi connectivity index (χ1v) is 7.55. The van der Waals surface area contributed by atoms with Gasteiger partial charge in [0.15, 0.2) is 11.5 Å². The molecule has 1 aromatic heterocycles. The molecular weight excluding hydrogens is 272 g/mol. The van der Waals surface area contributed by atoms with Crippen molar-refractivity contribution < 1.29 is 9.47 Å². The van der Waals surface area contributed by atoms with Crippen molar-refractivity contribution in [1.29, 1.82) is 0 Å². The molecule has 0 atom stereocenters. The molecule has 0 saturated heterocycles. The average molecular weight is 292 g/mol. The van der Waals surface area contributed by atoms with Crippen molar-refractivity contribution in [2.75, 3.05) is 13.7 Å². The van der Waals surface area contributed by atoms with Crippen molar-refractivity contribution in [3.05, 3.63) is 28.8 Å². The van der Waals surface area contributed by atoms with Crippen molar-refractivity contribution in [3.8, 4) is 22.1 Å². The number of thiazole rings is 1. The number of aromatic nitrogens is 1. The fraction of sp³-hybridized carbons (Fsp3) is 0.400. The summed E-state index contributed by atoms with van der Waals surface area (Å²) in [7, 11) is 1.65. The van der Waals surface area contributed by atoms with Crippen LogP contribution >= 0.6 is 11.3 Å². The summed E-state index contributed by atoms with van der Waals surface area (Å²) >= 11 is 1.62. The Labute approximate surface area is 123 Å². The first kappa shape index (κ1) is 14.8. The summed E-state index contributed by atoms with van der Waals surface area (Å²) in [5.41, 5.74) is 7.82. The summed E-state index contributed by atoms with van der Waals surface area (Å²) < 4.78 is 11.1. The van der Waals surface area contributed by atoms with Crippen LogP contribution in [-0.2, 0) is 13.0 Å². The van der Waals surface area contributed by atoms with Crippen LogP contribution in [0.3, 0.4) is 0 Å². The molecule has 20 heavy (non-hydrogen) atoms. The second-order valence-electron chi connectivity index (χ2n) is 4.22. The molecule has 0 radical (unpaired) electrons. The highest BCUT2D eigenvalue weighted by Gasteiger charge is 2.17. The van der Waals surface area contributed by atoms with Crippen molar-refractivity contribution in [1.82, 2.24) is 4.98 Å². The summed E-state index contributed by atoms with van der Waals surface area (Å²) in [6, 6.07) is 5.85. The Morgan fingerprint density at radius 1 is 1.30 bits per heavy atom. The van der Waals surface area contributed by atoms with Gasteiger partial charge in [-0.1, -0.05) is 13.0 Å². The molecule has 5 heteroatoms. The number of ether oxygens (including phenoxy) is 2. The zero-order valence-electron chi connectivity index (χ0n) is 12.1. The first-order chi connectivity index (χ1) is 9.74. The monoisotopic (exact) mass is 292 g/mol. The molecule has 0 amide bonds. The fourth-order valence-electron chi connectivity index (χ4n) is 2.07. The van der Waals surface area contributed by atoms with Gasteiger partial charge in [0.2, 0.25) is 0 Å². The van der Waals surface area contributed by atoms with Gasteiger partial charge in [0.05, 0.1) is 25.0 Å². The van der Waals surface area contributed by atoms with E-state index in [1.54, 1.807) is 18.4 Å². The van der Waals surface area contributed by atoms with Gasteiger partial charge in [-0.2, -0.15) is 0 Å². The number of rotatable bonds is 6. The van der Waals surface area contributed by atoms with Crippen LogP contribution in [0.5, 0.6) is 11.5 Å². The SMILES string of the molecule is CCOc1c(OC)cccc1-c1nc(CC)c(CN)s1. The van der Waals surface area contributed by atoms with Crippen LogP contribution in [0.2, 0.25) is 0 Å². The van der Waals surface area contributed by atoms with Crippen LogP contribution in [-0.4, -0.2) is 18.7 Å². The average Bonchev–Trinajstić information content (AvgIpc) is 2.91. The van der Waals surface area contributed by atoms with E-state index in [1.165, 1.54) is 0 Å². The molecular formula is C15H20N2O2S. The van der Waals surface area contributed by atoms with Crippen LogP contribution in [0.25, 0.3) is 10.6 Å². The number of hydrogen-bond donors (Lipinski definition) is 1. The molecule has 1 heterocycles. The van der Waals surface area contributed by atoms with E-state index < -0.39 is 0 Å². The number of nitrogens with two attached hydrogens (primary N) is 1. The smallest absolute Gasteiger partial charge is 0.171 e. The molecule has 0 spiro atoms. The Kier molecular flexibility index (Phi) is 4.98. The minimum Gasteiger partial charge on any atom is -0.493 e. The van der Waals surface area contributed by atoms with Crippen LogP contribution in [0.4, 0.5) is 0 Å². The Balaban J connectivity index is 2.53. The van der Waals surface area contributed by atoms with E-state index in [-0.39, 0.29) is 0 Å². The molecule has 2 rings (SSSR count). The second-order valence-corrected chi connectivity index (χ2v) is 5.30. The third-order valence-corrected chi connectivity index (χ3v) is 4.17. The van der Waals surface area contributed by atoms with Gasteiger partial charge in [-0.3, -0.25) is 0 Å². The van der Waals surface area contributed by atoms with Gasteiger partial charge in [-0.15, -0.1) is 11.3 Å². The van der Waals surface area contributed by atoms with Crippen molar-refractivity contribution in [2.45, 2.75) is 26.8 Å². The summed E-state index contributed by atoms with van der Waals surface area (Å²) in [4.78, 5) is 5.82. The maximum absolute atomic E-state index is 5.78. The summed E-state index contributed by atoms with van der Waals surface area (Å²) in [6.45, 7) is 5.16. The topological polar surface area (TPSA) is 57.4 Å². The first-order valence-electron chi connectivity index (χ1n) is 6.73. The molecule has 2 aromatic rings. The van der Waals surface area contributed by atoms with Crippen molar-refractivity contribution in [2.24, 2.45) is 5.73 Å². The number of aryl methyl sites for hydroxylation is 1. The number of hydrogen-bond acceptors (Lipinski definition) is 5. The van der Waals surface area contributed by atoms with E-state index >= 15 is 0 Å². The van der Waals surface area contributed by atoms with E-state index in [2.05, 4.69) is 6.92 Å². The maximum Gasteiger partial charge on any atom is 0.171 e. The lowest BCUT2D eigenvalue weighted by molar-refractivity contribution is 0.312. The molecule has 4 nitrogen and oxygen atoms in total. The molecule has 0 aliphatic carbocycles. The molecule has 1 aromatic carbocycles. The van der Waals surface area contributed by atoms with Gasteiger partial charge in [0.1, 0.15) is 5.01 Å². The number of methoxy groups -OCH3 is 1. The van der Waals surface area contributed by atoms with Gasteiger partial charge in [-0.25, -0.2) is 4.98 Å². The molecule has 108 valence electrons. The van der Waals surface area contributed by atoms with E-state index in [9.17, 15) is 0 Å². The largest absolute Gasteiger partial charge is 0.493 e. The Morgan fingerprint density at radius 2 is 2.10 bits per heavy atom. The van der Waals surface area contributed by atoms with Gasteiger partial charge >= 0.3 is 0 Å². The summed E-state index contributed by atoms with van der Waals surface area (Å²) in [5, 5.41) is 0.935. The molecule has 0 aliphatic rings. The van der Waals surface area contributed by atoms with Crippen LogP contribution < -0.4 is 15.2 Å². The minimum absolute atomic E-state index is 0.523. The van der Waals surface area contributed by atoms with Crippen molar-refractivity contribution >= 4 is 11.3 Å². The highest BCUT2D eigenvalue weighted by Crippen LogP contribution is 2.40. The summed E-state index contributed by atoms with van der Waals surface area (Å²) in [6.07, 6.45) is 0.886. The van der Waals surface area contributed by atoms with Gasteiger partial charge in [-0.05, 0) is 25.5 Å². The van der Waals surface area contributed by atoms with E-state index in [4.69, 9.17) is 20.2 Å². The van der Waals surface area contributed by atoms with Crippen LogP contribution in [0, 0.1) is 0 Å². The lowest BCUT2D eigenvalue weighted by Gasteiger charge is -2.12. The van der Waals surface area contributed by atoms with Gasteiger partial charge in [0, 0.05) is 11.4 Å². The molecule has 0 aliphatic heterocycles. The number of nitrogens with zero attached hydrogens (tertiary/aromatic N) is 1. The highest BCUT2D eigenvalue weighted by atomic mass is 32.1. The third kappa shape index (κ3) is 2.78. The lowest BCUT2D eigenvalue weighted by Crippen LogP contribution is -1.97. The molecule has 0 fully saturated rings.